The predicted molar refractivity (Wildman–Crippen MR) is 110 cm³/mol. The molecule has 1 amide bonds. The summed E-state index contributed by atoms with van der Waals surface area (Å²) in [4.78, 5) is 34.5. The van der Waals surface area contributed by atoms with Crippen LogP contribution in [0.1, 0.15) is 23.2 Å². The molecule has 1 N–H and O–H groups in total. The fourth-order valence-electron chi connectivity index (χ4n) is 3.33. The smallest absolute Gasteiger partial charge is 0.257 e. The maximum atomic E-state index is 12.8. The lowest BCUT2D eigenvalue weighted by molar-refractivity contribution is -0.119. The molecule has 2 aromatic heterocycles. The van der Waals surface area contributed by atoms with Crippen LogP contribution < -0.4 is 10.9 Å². The fraction of sp³-hybridized carbons (Fsp3) is 0.368. The van der Waals surface area contributed by atoms with Gasteiger partial charge in [0.05, 0.1) is 21.1 Å². The van der Waals surface area contributed by atoms with Gasteiger partial charge in [-0.15, -0.1) is 11.3 Å². The van der Waals surface area contributed by atoms with Gasteiger partial charge in [0.25, 0.3) is 5.56 Å². The number of amides is 1. The molecule has 3 aromatic rings. The molecule has 0 radical (unpaired) electrons. The van der Waals surface area contributed by atoms with E-state index in [0.717, 1.165) is 32.2 Å². The SMILES string of the molecule is CCc1c(C)nc2n(c1=O)CC(C(=O)Nc1ccc3sc(C)nc3c1)CS2. The van der Waals surface area contributed by atoms with Crippen molar-refractivity contribution >= 4 is 44.9 Å². The summed E-state index contributed by atoms with van der Waals surface area (Å²) in [5.74, 6) is 0.258. The third-order valence-corrected chi connectivity index (χ3v) is 6.83. The molecule has 0 bridgehead atoms. The highest BCUT2D eigenvalue weighted by molar-refractivity contribution is 7.99. The zero-order chi connectivity index (χ0) is 19.1. The zero-order valence-corrected chi connectivity index (χ0v) is 17.0. The molecule has 0 saturated carbocycles. The molecule has 1 aliphatic heterocycles. The van der Waals surface area contributed by atoms with Gasteiger partial charge in [-0.2, -0.15) is 0 Å². The highest BCUT2D eigenvalue weighted by Crippen LogP contribution is 2.28. The van der Waals surface area contributed by atoms with E-state index in [1.165, 1.54) is 11.8 Å². The van der Waals surface area contributed by atoms with Crippen molar-refractivity contribution < 1.29 is 4.79 Å². The number of aromatic nitrogens is 3. The molecule has 8 heteroatoms. The molecule has 140 valence electrons. The van der Waals surface area contributed by atoms with Crippen molar-refractivity contribution in [2.75, 3.05) is 11.1 Å². The lowest BCUT2D eigenvalue weighted by Gasteiger charge is -2.25. The number of carbonyl (C=O) groups is 1. The van der Waals surface area contributed by atoms with Crippen LogP contribution in [0.3, 0.4) is 0 Å². The molecule has 6 nitrogen and oxygen atoms in total. The summed E-state index contributed by atoms with van der Waals surface area (Å²) in [6.45, 7) is 6.16. The van der Waals surface area contributed by atoms with Crippen molar-refractivity contribution in [1.29, 1.82) is 0 Å². The highest BCUT2D eigenvalue weighted by atomic mass is 32.2. The van der Waals surface area contributed by atoms with Gasteiger partial charge in [-0.25, -0.2) is 9.97 Å². The Kier molecular flexibility index (Phi) is 4.77. The van der Waals surface area contributed by atoms with E-state index < -0.39 is 0 Å². The van der Waals surface area contributed by atoms with Crippen LogP contribution in [-0.2, 0) is 17.8 Å². The number of hydrogen-bond donors (Lipinski definition) is 1. The minimum absolute atomic E-state index is 0.0237. The van der Waals surface area contributed by atoms with E-state index in [2.05, 4.69) is 15.3 Å². The molecular weight excluding hydrogens is 380 g/mol. The van der Waals surface area contributed by atoms with Crippen LogP contribution in [0.2, 0.25) is 0 Å². The third kappa shape index (κ3) is 3.39. The van der Waals surface area contributed by atoms with Gasteiger partial charge in [-0.05, 0) is 38.5 Å². The minimum Gasteiger partial charge on any atom is -0.326 e. The van der Waals surface area contributed by atoms with Gasteiger partial charge in [-0.3, -0.25) is 14.2 Å². The summed E-state index contributed by atoms with van der Waals surface area (Å²) >= 11 is 3.10. The van der Waals surface area contributed by atoms with Crippen molar-refractivity contribution in [3.05, 3.63) is 44.8 Å². The van der Waals surface area contributed by atoms with Gasteiger partial charge in [0.1, 0.15) is 0 Å². The topological polar surface area (TPSA) is 76.9 Å². The average molecular weight is 401 g/mol. The number of aryl methyl sites for hydroxylation is 2. The number of anilines is 1. The number of carbonyl (C=O) groups excluding carboxylic acids is 1. The second-order valence-corrected chi connectivity index (χ2v) is 8.86. The zero-order valence-electron chi connectivity index (χ0n) is 15.4. The van der Waals surface area contributed by atoms with Crippen molar-refractivity contribution in [3.8, 4) is 0 Å². The lowest BCUT2D eigenvalue weighted by atomic mass is 10.1. The Hall–Kier alpha value is -2.19. The number of thioether (sulfide) groups is 1. The van der Waals surface area contributed by atoms with Crippen LogP contribution in [-0.4, -0.2) is 26.2 Å². The molecule has 1 atom stereocenters. The maximum Gasteiger partial charge on any atom is 0.257 e. The van der Waals surface area contributed by atoms with Gasteiger partial charge >= 0.3 is 0 Å². The number of hydrogen-bond acceptors (Lipinski definition) is 6. The molecule has 1 aliphatic rings. The average Bonchev–Trinajstić information content (AvgIpc) is 3.01. The molecular formula is C19H20N4O2S2. The van der Waals surface area contributed by atoms with E-state index in [1.54, 1.807) is 15.9 Å². The van der Waals surface area contributed by atoms with Crippen LogP contribution in [0, 0.1) is 19.8 Å². The first-order valence-electron chi connectivity index (χ1n) is 8.87. The molecule has 0 spiro atoms. The van der Waals surface area contributed by atoms with Crippen LogP contribution in [0.5, 0.6) is 0 Å². The van der Waals surface area contributed by atoms with E-state index in [9.17, 15) is 9.59 Å². The maximum absolute atomic E-state index is 12.8. The van der Waals surface area contributed by atoms with E-state index in [0.29, 0.717) is 23.9 Å². The minimum atomic E-state index is -0.276. The van der Waals surface area contributed by atoms with Gasteiger partial charge in [-0.1, -0.05) is 18.7 Å². The normalized spacial score (nSPS) is 16.3. The highest BCUT2D eigenvalue weighted by Gasteiger charge is 2.28. The van der Waals surface area contributed by atoms with Crippen LogP contribution in [0.4, 0.5) is 5.69 Å². The lowest BCUT2D eigenvalue weighted by Crippen LogP contribution is -2.38. The number of benzene rings is 1. The number of nitrogens with zero attached hydrogens (tertiary/aromatic N) is 3. The number of fused-ring (bicyclic) bond motifs is 2. The molecule has 3 heterocycles. The number of rotatable bonds is 3. The second-order valence-electron chi connectivity index (χ2n) is 6.64. The summed E-state index contributed by atoms with van der Waals surface area (Å²) in [5.41, 5.74) is 3.12. The Labute approximate surface area is 165 Å². The largest absolute Gasteiger partial charge is 0.326 e. The molecule has 27 heavy (non-hydrogen) atoms. The fourth-order valence-corrected chi connectivity index (χ4v) is 5.25. The van der Waals surface area contributed by atoms with Crippen LogP contribution >= 0.6 is 23.1 Å². The van der Waals surface area contributed by atoms with Gasteiger partial charge < -0.3 is 5.32 Å². The third-order valence-electron chi connectivity index (χ3n) is 4.74. The Morgan fingerprint density at radius 1 is 1.33 bits per heavy atom. The summed E-state index contributed by atoms with van der Waals surface area (Å²) in [6, 6.07) is 5.77. The first kappa shape index (κ1) is 18.2. The van der Waals surface area contributed by atoms with Gasteiger partial charge in [0.2, 0.25) is 5.91 Å². The quantitative estimate of drug-likeness (QED) is 0.682. The van der Waals surface area contributed by atoms with Crippen molar-refractivity contribution in [2.45, 2.75) is 38.9 Å². The summed E-state index contributed by atoms with van der Waals surface area (Å²) in [5, 5.41) is 4.69. The van der Waals surface area contributed by atoms with E-state index in [4.69, 9.17) is 0 Å². The number of thiazole rings is 1. The van der Waals surface area contributed by atoms with E-state index in [1.807, 2.05) is 39.0 Å². The number of nitrogens with one attached hydrogen (secondary N) is 1. The molecule has 0 saturated heterocycles. The van der Waals surface area contributed by atoms with Crippen molar-refractivity contribution in [2.24, 2.45) is 5.92 Å². The Morgan fingerprint density at radius 2 is 2.15 bits per heavy atom. The van der Waals surface area contributed by atoms with Crippen molar-refractivity contribution in [1.82, 2.24) is 14.5 Å². The molecule has 0 fully saturated rings. The molecule has 4 rings (SSSR count). The standard InChI is InChI=1S/C19H20N4O2S2/c1-4-14-10(2)20-19-23(18(14)25)8-12(9-26-19)17(24)22-13-5-6-16-15(7-13)21-11(3)27-16/h5-7,12H,4,8-9H2,1-3H3,(H,22,24). The summed E-state index contributed by atoms with van der Waals surface area (Å²) < 4.78 is 2.75. The first-order valence-corrected chi connectivity index (χ1v) is 10.7. The Morgan fingerprint density at radius 3 is 2.93 bits per heavy atom. The molecule has 1 aromatic carbocycles. The predicted octanol–water partition coefficient (Wildman–Crippen LogP) is 3.39. The molecule has 1 unspecified atom stereocenters. The van der Waals surface area contributed by atoms with Gasteiger partial charge in [0.15, 0.2) is 5.16 Å². The molecule has 0 aliphatic carbocycles. The van der Waals surface area contributed by atoms with Gasteiger partial charge in [0, 0.05) is 29.2 Å². The van der Waals surface area contributed by atoms with E-state index >= 15 is 0 Å². The summed E-state index contributed by atoms with van der Waals surface area (Å²) in [6.07, 6.45) is 0.645. The van der Waals surface area contributed by atoms with Crippen LogP contribution in [0.15, 0.2) is 28.2 Å². The van der Waals surface area contributed by atoms with Crippen molar-refractivity contribution in [3.63, 3.8) is 0 Å². The first-order chi connectivity index (χ1) is 13.0. The second kappa shape index (κ2) is 7.09. The monoisotopic (exact) mass is 400 g/mol. The van der Waals surface area contributed by atoms with Crippen LogP contribution in [0.25, 0.3) is 10.2 Å². The summed E-state index contributed by atoms with van der Waals surface area (Å²) in [7, 11) is 0. The Balaban J connectivity index is 1.56. The van der Waals surface area contributed by atoms with E-state index in [-0.39, 0.29) is 17.4 Å². The Bertz CT molecular complexity index is 1100.